The molecule has 0 aliphatic rings. The van der Waals surface area contributed by atoms with Crippen molar-refractivity contribution in [1.29, 1.82) is 0 Å². The molecule has 0 atom stereocenters. The van der Waals surface area contributed by atoms with Gasteiger partial charge in [0.05, 0.1) is 12.3 Å². The maximum Gasteiger partial charge on any atom is 0.251 e. The topological polar surface area (TPSA) is 84.6 Å². The quantitative estimate of drug-likeness (QED) is 0.844. The Morgan fingerprint density at radius 3 is 2.62 bits per heavy atom. The van der Waals surface area contributed by atoms with E-state index in [1.807, 2.05) is 13.8 Å². The fraction of sp³-hybridized carbons (Fsp3) is 0.333. The third kappa shape index (κ3) is 4.06. The Balaban J connectivity index is 1.91. The molecule has 6 heteroatoms. The molecule has 0 spiro atoms. The van der Waals surface area contributed by atoms with Crippen molar-refractivity contribution in [2.75, 3.05) is 13.2 Å². The maximum absolute atomic E-state index is 11.6. The van der Waals surface area contributed by atoms with Gasteiger partial charge in [0.25, 0.3) is 5.91 Å². The van der Waals surface area contributed by atoms with E-state index in [9.17, 15) is 4.79 Å². The molecule has 0 unspecified atom stereocenters. The van der Waals surface area contributed by atoms with E-state index in [-0.39, 0.29) is 25.7 Å². The zero-order valence-corrected chi connectivity index (χ0v) is 12.0. The fourth-order valence-electron chi connectivity index (χ4n) is 1.72. The van der Waals surface area contributed by atoms with Gasteiger partial charge in [-0.1, -0.05) is 0 Å². The highest BCUT2D eigenvalue weighted by atomic mass is 16.5. The summed E-state index contributed by atoms with van der Waals surface area (Å²) in [7, 11) is 0. The van der Waals surface area contributed by atoms with Crippen molar-refractivity contribution >= 4 is 5.91 Å². The summed E-state index contributed by atoms with van der Waals surface area (Å²) in [5.41, 5.74) is 1.36. The van der Waals surface area contributed by atoms with Crippen LogP contribution < -0.4 is 10.1 Å². The lowest BCUT2D eigenvalue weighted by atomic mass is 10.2. The molecule has 0 fully saturated rings. The van der Waals surface area contributed by atoms with Crippen molar-refractivity contribution in [1.82, 2.24) is 10.3 Å². The Morgan fingerprint density at radius 2 is 2.05 bits per heavy atom. The van der Waals surface area contributed by atoms with Crippen LogP contribution in [-0.4, -0.2) is 29.1 Å². The second-order valence-corrected chi connectivity index (χ2v) is 4.54. The van der Waals surface area contributed by atoms with Gasteiger partial charge in [0.2, 0.25) is 5.89 Å². The van der Waals surface area contributed by atoms with Crippen molar-refractivity contribution in [3.05, 3.63) is 47.2 Å². The van der Waals surface area contributed by atoms with Gasteiger partial charge in [-0.25, -0.2) is 4.98 Å². The summed E-state index contributed by atoms with van der Waals surface area (Å²) in [6.07, 6.45) is 0. The molecule has 1 heterocycles. The van der Waals surface area contributed by atoms with Gasteiger partial charge in [-0.15, -0.1) is 0 Å². The molecule has 0 saturated heterocycles. The summed E-state index contributed by atoms with van der Waals surface area (Å²) in [4.78, 5) is 15.9. The van der Waals surface area contributed by atoms with Crippen LogP contribution in [0, 0.1) is 13.8 Å². The number of oxazole rings is 1. The average molecular weight is 290 g/mol. The Bertz CT molecular complexity index is 585. The molecule has 0 aliphatic heterocycles. The lowest BCUT2D eigenvalue weighted by Crippen LogP contribution is -2.26. The number of amides is 1. The van der Waals surface area contributed by atoms with Crippen LogP contribution in [0.15, 0.2) is 28.7 Å². The first-order valence-corrected chi connectivity index (χ1v) is 6.65. The minimum Gasteiger partial charge on any atom is -0.484 e. The highest BCUT2D eigenvalue weighted by Gasteiger charge is 2.07. The molecule has 2 rings (SSSR count). The number of aliphatic hydroxyl groups excluding tert-OH is 1. The zero-order chi connectivity index (χ0) is 15.2. The molecule has 1 aromatic carbocycles. The van der Waals surface area contributed by atoms with Crippen LogP contribution in [0.5, 0.6) is 5.75 Å². The summed E-state index contributed by atoms with van der Waals surface area (Å²) in [6.45, 7) is 4.13. The summed E-state index contributed by atoms with van der Waals surface area (Å²) in [5, 5.41) is 11.2. The van der Waals surface area contributed by atoms with Gasteiger partial charge in [0.1, 0.15) is 11.5 Å². The van der Waals surface area contributed by atoms with Gasteiger partial charge in [0.15, 0.2) is 6.61 Å². The molecular weight excluding hydrogens is 272 g/mol. The number of benzene rings is 1. The van der Waals surface area contributed by atoms with Crippen LogP contribution in [0.4, 0.5) is 0 Å². The molecule has 0 aliphatic carbocycles. The van der Waals surface area contributed by atoms with Crippen LogP contribution in [-0.2, 0) is 6.61 Å². The van der Waals surface area contributed by atoms with Crippen LogP contribution in [0.25, 0.3) is 0 Å². The SMILES string of the molecule is Cc1nc(COc2ccc(C(=O)NCCO)cc2)oc1C. The van der Waals surface area contributed by atoms with E-state index in [1.165, 1.54) is 0 Å². The number of aliphatic hydroxyl groups is 1. The number of rotatable bonds is 6. The standard InChI is InChI=1S/C15H18N2O4/c1-10-11(2)21-14(17-10)9-20-13-5-3-12(4-6-13)15(19)16-7-8-18/h3-6,18H,7-9H2,1-2H3,(H,16,19). The smallest absolute Gasteiger partial charge is 0.251 e. The van der Waals surface area contributed by atoms with E-state index in [4.69, 9.17) is 14.3 Å². The van der Waals surface area contributed by atoms with Gasteiger partial charge in [-0.3, -0.25) is 4.79 Å². The normalized spacial score (nSPS) is 10.4. The molecule has 6 nitrogen and oxygen atoms in total. The molecule has 0 saturated carbocycles. The minimum atomic E-state index is -0.227. The first-order chi connectivity index (χ1) is 10.1. The van der Waals surface area contributed by atoms with Gasteiger partial charge in [-0.2, -0.15) is 0 Å². The summed E-state index contributed by atoms with van der Waals surface area (Å²) in [5.74, 6) is 1.70. The second-order valence-electron chi connectivity index (χ2n) is 4.54. The maximum atomic E-state index is 11.6. The van der Waals surface area contributed by atoms with Crippen molar-refractivity contribution in [2.45, 2.75) is 20.5 Å². The number of hydrogen-bond acceptors (Lipinski definition) is 5. The zero-order valence-electron chi connectivity index (χ0n) is 12.0. The third-order valence-corrected chi connectivity index (χ3v) is 2.95. The molecule has 0 bridgehead atoms. The molecule has 21 heavy (non-hydrogen) atoms. The fourth-order valence-corrected chi connectivity index (χ4v) is 1.72. The molecule has 2 N–H and O–H groups in total. The van der Waals surface area contributed by atoms with E-state index in [1.54, 1.807) is 24.3 Å². The Labute approximate surface area is 122 Å². The van der Waals surface area contributed by atoms with Crippen molar-refractivity contribution in [3.63, 3.8) is 0 Å². The van der Waals surface area contributed by atoms with Crippen LogP contribution in [0.1, 0.15) is 27.7 Å². The number of aromatic nitrogens is 1. The monoisotopic (exact) mass is 290 g/mol. The van der Waals surface area contributed by atoms with E-state index < -0.39 is 0 Å². The van der Waals surface area contributed by atoms with Gasteiger partial charge in [-0.05, 0) is 38.1 Å². The lowest BCUT2D eigenvalue weighted by molar-refractivity contribution is 0.0944. The van der Waals surface area contributed by atoms with Crippen molar-refractivity contribution in [2.24, 2.45) is 0 Å². The van der Waals surface area contributed by atoms with Crippen LogP contribution >= 0.6 is 0 Å². The van der Waals surface area contributed by atoms with Crippen LogP contribution in [0.2, 0.25) is 0 Å². The van der Waals surface area contributed by atoms with Gasteiger partial charge in [0, 0.05) is 12.1 Å². The molecular formula is C15H18N2O4. The van der Waals surface area contributed by atoms with E-state index in [2.05, 4.69) is 10.3 Å². The number of carbonyl (C=O) groups is 1. The number of carbonyl (C=O) groups excluding carboxylic acids is 1. The number of nitrogens with one attached hydrogen (secondary N) is 1. The number of hydrogen-bond donors (Lipinski definition) is 2. The largest absolute Gasteiger partial charge is 0.484 e. The minimum absolute atomic E-state index is 0.0814. The summed E-state index contributed by atoms with van der Waals surface area (Å²) in [6, 6.07) is 6.73. The van der Waals surface area contributed by atoms with E-state index >= 15 is 0 Å². The Hall–Kier alpha value is -2.34. The lowest BCUT2D eigenvalue weighted by Gasteiger charge is -2.06. The molecule has 112 valence electrons. The molecule has 2 aromatic rings. The van der Waals surface area contributed by atoms with E-state index in [0.717, 1.165) is 11.5 Å². The van der Waals surface area contributed by atoms with E-state index in [0.29, 0.717) is 17.2 Å². The highest BCUT2D eigenvalue weighted by molar-refractivity contribution is 5.94. The summed E-state index contributed by atoms with van der Waals surface area (Å²) < 4.78 is 11.0. The number of nitrogens with zero attached hydrogens (tertiary/aromatic N) is 1. The Kier molecular flexibility index (Phi) is 4.94. The number of ether oxygens (including phenoxy) is 1. The first-order valence-electron chi connectivity index (χ1n) is 6.65. The second kappa shape index (κ2) is 6.90. The van der Waals surface area contributed by atoms with Crippen molar-refractivity contribution in [3.8, 4) is 5.75 Å². The first kappa shape index (κ1) is 15.1. The Morgan fingerprint density at radius 1 is 1.33 bits per heavy atom. The summed E-state index contributed by atoms with van der Waals surface area (Å²) >= 11 is 0. The van der Waals surface area contributed by atoms with Gasteiger partial charge < -0.3 is 19.6 Å². The number of aryl methyl sites for hydroxylation is 2. The molecule has 0 radical (unpaired) electrons. The van der Waals surface area contributed by atoms with Gasteiger partial charge >= 0.3 is 0 Å². The molecule has 1 aromatic heterocycles. The van der Waals surface area contributed by atoms with Crippen molar-refractivity contribution < 1.29 is 19.1 Å². The average Bonchev–Trinajstić information content (AvgIpc) is 2.82. The highest BCUT2D eigenvalue weighted by Crippen LogP contribution is 2.15. The third-order valence-electron chi connectivity index (χ3n) is 2.95. The molecule has 1 amide bonds. The predicted molar refractivity (Wildman–Crippen MR) is 76.2 cm³/mol. The van der Waals surface area contributed by atoms with Crippen LogP contribution in [0.3, 0.4) is 0 Å². The predicted octanol–water partition coefficient (Wildman–Crippen LogP) is 1.59.